The molecule has 0 bridgehead atoms. The van der Waals surface area contributed by atoms with Crippen molar-refractivity contribution in [2.45, 2.75) is 155 Å². The second-order valence-corrected chi connectivity index (χ2v) is 35.8. The van der Waals surface area contributed by atoms with Crippen molar-refractivity contribution in [2.24, 2.45) is 0 Å². The summed E-state index contributed by atoms with van der Waals surface area (Å²) in [7, 11) is -14.9. The number of nitrogens with zero attached hydrogens (tertiary/aromatic N) is 1. The third-order valence-corrected chi connectivity index (χ3v) is 31.0. The second kappa shape index (κ2) is 27.5. The lowest BCUT2D eigenvalue weighted by molar-refractivity contribution is 0.493. The minimum atomic E-state index is -3.93. The normalized spacial score (nSPS) is 13.2. The van der Waals surface area contributed by atoms with Gasteiger partial charge >= 0.3 is 20.2 Å². The average molecular weight is 1050 g/mol. The van der Waals surface area contributed by atoms with Gasteiger partial charge in [0.05, 0.1) is 44.8 Å². The van der Waals surface area contributed by atoms with Gasteiger partial charge in [-0.05, 0) is 36.4 Å². The largest absolute Gasteiger partial charge is 0.382 e. The van der Waals surface area contributed by atoms with Gasteiger partial charge in [0.15, 0.2) is 11.5 Å². The molecule has 0 aliphatic rings. The molecule has 2 unspecified atom stereocenters. The monoisotopic (exact) mass is 1050 g/mol. The lowest BCUT2D eigenvalue weighted by Crippen LogP contribution is -2.48. The molecule has 5 rings (SSSR count). The maximum atomic E-state index is 13.1. The summed E-state index contributed by atoms with van der Waals surface area (Å²) in [6.07, 6.45) is 16.6. The standard InChI is InChI=1S/C56H81NO6P2S2Si2/c1-9-15-42-68(43-16-10-2,44-17-11-3)51-38-34-49(35-39-51)64(55-32-26-24-30-53(55)62-66(7,58)59)57(48-28-22-21-23-29-48)65(56-33-27-25-31-54(56)63-67(8,60)61)50-36-40-52(41-37-50)69(45-18-12-4,46-19-13-5)47-20-14-6/h21-41H,9-20,42-47H2,1-8H3. The number of benzene rings is 5. The molecule has 5 aromatic carbocycles. The van der Waals surface area contributed by atoms with E-state index in [4.69, 9.17) is 8.37 Å². The van der Waals surface area contributed by atoms with Crippen molar-refractivity contribution in [1.29, 1.82) is 0 Å². The summed E-state index contributed by atoms with van der Waals surface area (Å²) >= 11 is 0. The van der Waals surface area contributed by atoms with Gasteiger partial charge in [-0.1, -0.05) is 256 Å². The van der Waals surface area contributed by atoms with Crippen LogP contribution in [0.25, 0.3) is 0 Å². The third-order valence-electron chi connectivity index (χ3n) is 13.5. The molecule has 0 radical (unpaired) electrons. The quantitative estimate of drug-likeness (QED) is 0.0248. The fourth-order valence-corrected chi connectivity index (χ4v) is 28.2. The summed E-state index contributed by atoms with van der Waals surface area (Å²) in [5.74, 6) is 0.552. The molecule has 0 fully saturated rings. The van der Waals surface area contributed by atoms with Gasteiger partial charge in [0.25, 0.3) is 0 Å². The molecule has 0 heterocycles. The van der Waals surface area contributed by atoms with Gasteiger partial charge in [0.2, 0.25) is 0 Å². The van der Waals surface area contributed by atoms with Gasteiger partial charge in [-0.3, -0.25) is 0 Å². The lowest BCUT2D eigenvalue weighted by Gasteiger charge is -2.41. The van der Waals surface area contributed by atoms with Crippen LogP contribution in [0.4, 0.5) is 5.69 Å². The van der Waals surface area contributed by atoms with Crippen LogP contribution in [0, 0.1) is 0 Å². The number of rotatable bonds is 31. The molecule has 0 amide bonds. The minimum Gasteiger partial charge on any atom is -0.382 e. The molecule has 0 aliphatic heterocycles. The van der Waals surface area contributed by atoms with Crippen molar-refractivity contribution in [3.63, 3.8) is 0 Å². The molecule has 2 atom stereocenters. The van der Waals surface area contributed by atoms with E-state index in [1.807, 2.05) is 54.6 Å². The second-order valence-electron chi connectivity index (χ2n) is 19.0. The molecule has 0 aromatic heterocycles. The Morgan fingerprint density at radius 1 is 0.406 bits per heavy atom. The number of hydrogen-bond donors (Lipinski definition) is 0. The first-order valence-corrected chi connectivity index (χ1v) is 37.3. The fraction of sp³-hybridized carbons (Fsp3) is 0.464. The van der Waals surface area contributed by atoms with Crippen LogP contribution in [0.3, 0.4) is 0 Å². The summed E-state index contributed by atoms with van der Waals surface area (Å²) < 4.78 is 66.9. The van der Waals surface area contributed by atoms with Crippen molar-refractivity contribution >= 4 is 89.8 Å². The van der Waals surface area contributed by atoms with E-state index >= 15 is 0 Å². The van der Waals surface area contributed by atoms with Crippen molar-refractivity contribution in [2.75, 3.05) is 17.0 Å². The lowest BCUT2D eigenvalue weighted by atomic mass is 10.3. The maximum absolute atomic E-state index is 13.1. The number of anilines is 1. The smallest absolute Gasteiger partial charge is 0.306 e. The van der Waals surface area contributed by atoms with E-state index in [1.165, 1.54) is 124 Å². The third kappa shape index (κ3) is 15.8. The van der Waals surface area contributed by atoms with E-state index in [-0.39, 0.29) is 11.5 Å². The molecule has 5 aromatic rings. The highest BCUT2D eigenvalue weighted by atomic mass is 32.2. The molecule has 13 heteroatoms. The van der Waals surface area contributed by atoms with Gasteiger partial charge < -0.3 is 12.8 Å². The van der Waals surface area contributed by atoms with Crippen molar-refractivity contribution in [3.8, 4) is 11.5 Å². The Morgan fingerprint density at radius 2 is 0.696 bits per heavy atom. The highest BCUT2D eigenvalue weighted by Gasteiger charge is 2.39. The Labute approximate surface area is 423 Å². The Balaban J connectivity index is 1.89. The Bertz CT molecular complexity index is 2330. The van der Waals surface area contributed by atoms with E-state index < -0.39 is 52.5 Å². The van der Waals surface area contributed by atoms with Crippen molar-refractivity contribution in [1.82, 2.24) is 0 Å². The van der Waals surface area contributed by atoms with Crippen LogP contribution in [0.15, 0.2) is 127 Å². The SMILES string of the molecule is CCCC[Si](CCCC)(CCCC)c1ccc(P(c2ccccc2OS(C)(=O)=O)N(c2ccccc2)P(c2ccc([Si](CCCC)(CCCC)CCCC)cc2)c2ccccc2OS(C)(=O)=O)cc1. The van der Waals surface area contributed by atoms with Gasteiger partial charge in [-0.2, -0.15) is 16.8 Å². The first kappa shape index (κ1) is 56.6. The van der Waals surface area contributed by atoms with Crippen LogP contribution in [0.5, 0.6) is 11.5 Å². The Hall–Kier alpha value is -3.31. The highest BCUT2D eigenvalue weighted by Crippen LogP contribution is 2.59. The maximum Gasteiger partial charge on any atom is 0.306 e. The zero-order chi connectivity index (χ0) is 49.9. The van der Waals surface area contributed by atoms with Gasteiger partial charge in [0.1, 0.15) is 0 Å². The van der Waals surface area contributed by atoms with E-state index in [9.17, 15) is 16.8 Å². The van der Waals surface area contributed by atoms with Crippen molar-refractivity contribution < 1.29 is 25.2 Å². The fourth-order valence-electron chi connectivity index (χ4n) is 9.93. The number of hydrogen-bond acceptors (Lipinski definition) is 7. The average Bonchev–Trinajstić information content (AvgIpc) is 3.34. The molecule has 0 aliphatic carbocycles. The predicted octanol–water partition coefficient (Wildman–Crippen LogP) is 13.4. The van der Waals surface area contributed by atoms with Crippen LogP contribution >= 0.6 is 16.1 Å². The van der Waals surface area contributed by atoms with E-state index in [0.29, 0.717) is 0 Å². The van der Waals surface area contributed by atoms with E-state index in [2.05, 4.69) is 107 Å². The van der Waals surface area contributed by atoms with Gasteiger partial charge in [-0.15, -0.1) is 0 Å². The molecule has 69 heavy (non-hydrogen) atoms. The molecular formula is C56H81NO6P2S2Si2. The van der Waals surface area contributed by atoms with Crippen LogP contribution < -0.4 is 44.4 Å². The zero-order valence-electron chi connectivity index (χ0n) is 43.0. The summed E-state index contributed by atoms with van der Waals surface area (Å²) in [6, 6.07) is 51.9. The summed E-state index contributed by atoms with van der Waals surface area (Å²) in [5.41, 5.74) is 0.918. The van der Waals surface area contributed by atoms with Crippen molar-refractivity contribution in [3.05, 3.63) is 127 Å². The van der Waals surface area contributed by atoms with E-state index in [1.54, 1.807) is 12.1 Å². The number of para-hydroxylation sites is 3. The minimum absolute atomic E-state index is 0.276. The van der Waals surface area contributed by atoms with Crippen LogP contribution in [0.2, 0.25) is 36.3 Å². The Morgan fingerprint density at radius 3 is 0.986 bits per heavy atom. The topological polar surface area (TPSA) is 90.0 Å². The zero-order valence-corrected chi connectivity index (χ0v) is 48.4. The predicted molar refractivity (Wildman–Crippen MR) is 307 cm³/mol. The summed E-state index contributed by atoms with van der Waals surface area (Å²) in [5, 5.41) is 6.57. The molecule has 0 spiro atoms. The first-order chi connectivity index (χ1) is 33.2. The van der Waals surface area contributed by atoms with Crippen LogP contribution in [0.1, 0.15) is 119 Å². The number of unbranched alkanes of at least 4 members (excludes halogenated alkanes) is 6. The molecule has 7 nitrogen and oxygen atoms in total. The van der Waals surface area contributed by atoms with Crippen LogP contribution in [-0.4, -0.2) is 45.5 Å². The van der Waals surface area contributed by atoms with Crippen LogP contribution in [-0.2, 0) is 20.2 Å². The molecule has 0 N–H and O–H groups in total. The Kier molecular flexibility index (Phi) is 22.6. The molecule has 376 valence electrons. The molecule has 0 saturated carbocycles. The first-order valence-electron chi connectivity index (χ1n) is 25.8. The summed E-state index contributed by atoms with van der Waals surface area (Å²) in [4.78, 5) is 0. The van der Waals surface area contributed by atoms with Gasteiger partial charge in [0, 0.05) is 26.9 Å². The van der Waals surface area contributed by atoms with E-state index in [0.717, 1.165) is 39.4 Å². The molecule has 0 saturated heterocycles. The highest BCUT2D eigenvalue weighted by molar-refractivity contribution is 7.91. The van der Waals surface area contributed by atoms with Gasteiger partial charge in [-0.25, -0.2) is 0 Å². The molecular weight excluding hydrogens is 965 g/mol. The summed E-state index contributed by atoms with van der Waals surface area (Å²) in [6.45, 7) is 13.8.